The Labute approximate surface area is 168 Å². The molecule has 3 rings (SSSR count). The summed E-state index contributed by atoms with van der Waals surface area (Å²) < 4.78 is 0. The van der Waals surface area contributed by atoms with Gasteiger partial charge in [0, 0.05) is 56.3 Å². The van der Waals surface area contributed by atoms with E-state index in [1.807, 2.05) is 36.9 Å². The second-order valence-corrected chi connectivity index (χ2v) is 7.36. The van der Waals surface area contributed by atoms with E-state index < -0.39 is 0 Å². The predicted molar refractivity (Wildman–Crippen MR) is 119 cm³/mol. The number of nitrogens with one attached hydrogen (secondary N) is 1. The lowest BCUT2D eigenvalue weighted by molar-refractivity contribution is 0.208. The molecule has 0 atom stereocenters. The zero-order valence-corrected chi connectivity index (χ0v) is 17.5. The van der Waals surface area contributed by atoms with Gasteiger partial charge < -0.3 is 20.0 Å². The van der Waals surface area contributed by atoms with Crippen LogP contribution in [0.25, 0.3) is 0 Å². The molecule has 1 aliphatic rings. The molecule has 150 valence electrons. The van der Waals surface area contributed by atoms with Crippen molar-refractivity contribution in [3.63, 3.8) is 0 Å². The highest BCUT2D eigenvalue weighted by Gasteiger charge is 2.22. The van der Waals surface area contributed by atoms with Gasteiger partial charge in [-0.2, -0.15) is 0 Å². The summed E-state index contributed by atoms with van der Waals surface area (Å²) in [5.74, 6) is 0. The maximum atomic E-state index is 12.7. The molecule has 0 spiro atoms. The van der Waals surface area contributed by atoms with Crippen molar-refractivity contribution >= 4 is 23.1 Å². The molecule has 1 N–H and O–H groups in total. The van der Waals surface area contributed by atoms with Crippen molar-refractivity contribution in [3.8, 4) is 0 Å². The van der Waals surface area contributed by atoms with Gasteiger partial charge in [-0.05, 0) is 63.1 Å². The number of amides is 2. The zero-order valence-electron chi connectivity index (χ0n) is 17.5. The van der Waals surface area contributed by atoms with E-state index in [0.29, 0.717) is 0 Å². The molecule has 2 aromatic carbocycles. The number of para-hydroxylation sites is 1. The van der Waals surface area contributed by atoms with Gasteiger partial charge in [0.25, 0.3) is 0 Å². The lowest BCUT2D eigenvalue weighted by Gasteiger charge is -2.36. The van der Waals surface area contributed by atoms with Crippen molar-refractivity contribution in [3.05, 3.63) is 53.6 Å². The Morgan fingerprint density at radius 2 is 1.50 bits per heavy atom. The van der Waals surface area contributed by atoms with Crippen molar-refractivity contribution in [2.75, 3.05) is 54.4 Å². The third-order valence-electron chi connectivity index (χ3n) is 5.62. The fraction of sp³-hybridized carbons (Fsp3) is 0.435. The molecule has 0 bridgehead atoms. The number of nitrogens with zero attached hydrogens (tertiary/aromatic N) is 3. The van der Waals surface area contributed by atoms with E-state index in [1.165, 1.54) is 11.4 Å². The summed E-state index contributed by atoms with van der Waals surface area (Å²) in [7, 11) is 0. The fourth-order valence-corrected chi connectivity index (χ4v) is 3.83. The number of hydrogen-bond donors (Lipinski definition) is 1. The number of benzene rings is 2. The average molecular weight is 381 g/mol. The molecule has 1 saturated heterocycles. The molecule has 1 fully saturated rings. The minimum absolute atomic E-state index is 0.00562. The summed E-state index contributed by atoms with van der Waals surface area (Å²) in [6.45, 7) is 13.6. The molecular formula is C23H32N4O. The largest absolute Gasteiger partial charge is 0.372 e. The highest BCUT2D eigenvalue weighted by molar-refractivity contribution is 5.91. The van der Waals surface area contributed by atoms with Crippen LogP contribution >= 0.6 is 0 Å². The molecule has 2 amide bonds. The zero-order chi connectivity index (χ0) is 20.1. The van der Waals surface area contributed by atoms with Crippen LogP contribution in [0, 0.1) is 13.8 Å². The van der Waals surface area contributed by atoms with E-state index in [1.54, 1.807) is 0 Å². The Bertz CT molecular complexity index is 770. The smallest absolute Gasteiger partial charge is 0.321 e. The van der Waals surface area contributed by atoms with Gasteiger partial charge in [-0.3, -0.25) is 0 Å². The Hall–Kier alpha value is -2.69. The Morgan fingerprint density at radius 3 is 2.04 bits per heavy atom. The van der Waals surface area contributed by atoms with Crippen LogP contribution in [-0.2, 0) is 0 Å². The Kier molecular flexibility index (Phi) is 6.45. The Balaban J connectivity index is 1.57. The molecule has 1 heterocycles. The van der Waals surface area contributed by atoms with E-state index in [9.17, 15) is 4.79 Å². The lowest BCUT2D eigenvalue weighted by Crippen LogP contribution is -2.50. The van der Waals surface area contributed by atoms with Crippen molar-refractivity contribution in [1.82, 2.24) is 4.90 Å². The first kappa shape index (κ1) is 20.1. The molecule has 5 nitrogen and oxygen atoms in total. The van der Waals surface area contributed by atoms with Gasteiger partial charge in [0.2, 0.25) is 0 Å². The first-order valence-electron chi connectivity index (χ1n) is 10.3. The van der Waals surface area contributed by atoms with Gasteiger partial charge >= 0.3 is 6.03 Å². The number of piperazine rings is 1. The summed E-state index contributed by atoms with van der Waals surface area (Å²) in [5.41, 5.74) is 5.62. The molecule has 1 aliphatic heterocycles. The number of anilines is 3. The van der Waals surface area contributed by atoms with Gasteiger partial charge in [-0.1, -0.05) is 18.2 Å². The van der Waals surface area contributed by atoms with Crippen LogP contribution in [0.3, 0.4) is 0 Å². The van der Waals surface area contributed by atoms with Crippen LogP contribution in [0.4, 0.5) is 21.9 Å². The van der Waals surface area contributed by atoms with Crippen molar-refractivity contribution < 1.29 is 4.79 Å². The van der Waals surface area contributed by atoms with Gasteiger partial charge in [0.05, 0.1) is 0 Å². The molecule has 28 heavy (non-hydrogen) atoms. The molecule has 0 aromatic heterocycles. The quantitative estimate of drug-likeness (QED) is 0.830. The number of aryl methyl sites for hydroxylation is 2. The third-order valence-corrected chi connectivity index (χ3v) is 5.62. The van der Waals surface area contributed by atoms with Gasteiger partial charge in [0.15, 0.2) is 0 Å². The monoisotopic (exact) mass is 380 g/mol. The number of carbonyl (C=O) groups excluding carboxylic acids is 1. The Morgan fingerprint density at radius 1 is 0.929 bits per heavy atom. The van der Waals surface area contributed by atoms with E-state index >= 15 is 0 Å². The minimum atomic E-state index is -0.00562. The normalized spacial score (nSPS) is 14.1. The summed E-state index contributed by atoms with van der Waals surface area (Å²) in [6, 6.07) is 14.9. The molecule has 0 unspecified atom stereocenters. The molecular weight excluding hydrogens is 348 g/mol. The van der Waals surface area contributed by atoms with Crippen LogP contribution in [0.15, 0.2) is 42.5 Å². The summed E-state index contributed by atoms with van der Waals surface area (Å²) >= 11 is 0. The highest BCUT2D eigenvalue weighted by atomic mass is 16.2. The number of rotatable bonds is 5. The molecule has 0 saturated carbocycles. The first-order chi connectivity index (χ1) is 13.5. The summed E-state index contributed by atoms with van der Waals surface area (Å²) in [6.07, 6.45) is 0. The van der Waals surface area contributed by atoms with Crippen molar-refractivity contribution in [2.24, 2.45) is 0 Å². The van der Waals surface area contributed by atoms with E-state index in [0.717, 1.165) is 56.1 Å². The van der Waals surface area contributed by atoms with Crippen LogP contribution in [-0.4, -0.2) is 50.2 Å². The van der Waals surface area contributed by atoms with Crippen LogP contribution < -0.4 is 15.1 Å². The SMILES string of the molecule is CCN(CC)c1ccc(N2CCN(C(=O)Nc3c(C)cccc3C)CC2)cc1. The van der Waals surface area contributed by atoms with E-state index in [4.69, 9.17) is 0 Å². The van der Waals surface area contributed by atoms with Crippen molar-refractivity contribution in [2.45, 2.75) is 27.7 Å². The fourth-order valence-electron chi connectivity index (χ4n) is 3.83. The maximum Gasteiger partial charge on any atom is 0.321 e. The molecule has 0 radical (unpaired) electrons. The molecule has 0 aliphatic carbocycles. The van der Waals surface area contributed by atoms with Crippen LogP contribution in [0.2, 0.25) is 0 Å². The van der Waals surface area contributed by atoms with Gasteiger partial charge in [-0.15, -0.1) is 0 Å². The van der Waals surface area contributed by atoms with Crippen LogP contribution in [0.1, 0.15) is 25.0 Å². The predicted octanol–water partition coefficient (Wildman–Crippen LogP) is 4.50. The summed E-state index contributed by atoms with van der Waals surface area (Å²) in [4.78, 5) is 19.3. The van der Waals surface area contributed by atoms with E-state index in [2.05, 4.69) is 53.2 Å². The lowest BCUT2D eigenvalue weighted by atomic mass is 10.1. The second-order valence-electron chi connectivity index (χ2n) is 7.36. The standard InChI is InChI=1S/C23H32N4O/c1-5-25(6-2)20-10-12-21(13-11-20)26-14-16-27(17-15-26)23(28)24-22-18(3)8-7-9-19(22)4/h7-13H,5-6,14-17H2,1-4H3,(H,24,28). The molecule has 5 heteroatoms. The minimum Gasteiger partial charge on any atom is -0.372 e. The topological polar surface area (TPSA) is 38.8 Å². The second kappa shape index (κ2) is 9.00. The number of urea groups is 1. The molecule has 2 aromatic rings. The number of hydrogen-bond acceptors (Lipinski definition) is 3. The van der Waals surface area contributed by atoms with E-state index in [-0.39, 0.29) is 6.03 Å². The van der Waals surface area contributed by atoms with Crippen LogP contribution in [0.5, 0.6) is 0 Å². The van der Waals surface area contributed by atoms with Gasteiger partial charge in [-0.25, -0.2) is 4.79 Å². The maximum absolute atomic E-state index is 12.7. The first-order valence-corrected chi connectivity index (χ1v) is 10.3. The third kappa shape index (κ3) is 4.41. The number of carbonyl (C=O) groups is 1. The average Bonchev–Trinajstić information content (AvgIpc) is 2.72. The van der Waals surface area contributed by atoms with Crippen molar-refractivity contribution in [1.29, 1.82) is 0 Å². The highest BCUT2D eigenvalue weighted by Crippen LogP contribution is 2.23. The van der Waals surface area contributed by atoms with Gasteiger partial charge in [0.1, 0.15) is 0 Å². The summed E-state index contributed by atoms with van der Waals surface area (Å²) in [5, 5.41) is 3.10.